The van der Waals surface area contributed by atoms with Gasteiger partial charge in [0.1, 0.15) is 0 Å². The summed E-state index contributed by atoms with van der Waals surface area (Å²) < 4.78 is 5.06. The molecule has 94 valence electrons. The lowest BCUT2D eigenvalue weighted by molar-refractivity contribution is 0.0996. The number of nitrogens with one attached hydrogen (secondary N) is 2. The van der Waals surface area contributed by atoms with E-state index in [9.17, 15) is 4.79 Å². The summed E-state index contributed by atoms with van der Waals surface area (Å²) in [4.78, 5) is 11.9. The topological polar surface area (TPSA) is 54.3 Å². The lowest BCUT2D eigenvalue weighted by Gasteiger charge is -2.09. The molecule has 4 nitrogen and oxygen atoms in total. The molecule has 0 saturated heterocycles. The summed E-state index contributed by atoms with van der Waals surface area (Å²) in [6, 6.07) is 10.7. The van der Waals surface area contributed by atoms with Crippen molar-refractivity contribution < 1.29 is 9.21 Å². The van der Waals surface area contributed by atoms with E-state index in [4.69, 9.17) is 16.0 Å². The van der Waals surface area contributed by atoms with E-state index in [0.29, 0.717) is 6.54 Å². The molecular weight excluding hydrogens is 252 g/mol. The van der Waals surface area contributed by atoms with Crippen molar-refractivity contribution in [1.82, 2.24) is 5.32 Å². The number of para-hydroxylation sites is 1. The normalized spacial score (nSPS) is 10.3. The van der Waals surface area contributed by atoms with Crippen molar-refractivity contribution in [3.8, 4) is 0 Å². The zero-order valence-corrected chi connectivity index (χ0v) is 10.6. The molecule has 0 aliphatic rings. The van der Waals surface area contributed by atoms with E-state index in [2.05, 4.69) is 10.6 Å². The summed E-state index contributed by atoms with van der Waals surface area (Å²) >= 11 is 5.63. The molecule has 0 saturated carbocycles. The minimum atomic E-state index is -0.314. The van der Waals surface area contributed by atoms with Crippen LogP contribution >= 0.6 is 11.6 Å². The van der Waals surface area contributed by atoms with Gasteiger partial charge in [-0.15, -0.1) is 0 Å². The lowest BCUT2D eigenvalue weighted by atomic mass is 10.1. The van der Waals surface area contributed by atoms with Crippen molar-refractivity contribution in [3.05, 3.63) is 52.9 Å². The molecular formula is C13H13ClN2O2. The zero-order valence-electron chi connectivity index (χ0n) is 9.87. The molecule has 1 aromatic carbocycles. The number of carbonyl (C=O) groups is 1. The van der Waals surface area contributed by atoms with Gasteiger partial charge in [-0.3, -0.25) is 4.79 Å². The van der Waals surface area contributed by atoms with Crippen molar-refractivity contribution in [2.45, 2.75) is 6.54 Å². The lowest BCUT2D eigenvalue weighted by Crippen LogP contribution is -2.14. The van der Waals surface area contributed by atoms with Crippen LogP contribution in [0.4, 0.5) is 5.69 Å². The molecule has 0 atom stereocenters. The van der Waals surface area contributed by atoms with Gasteiger partial charge in [-0.05, 0) is 42.4 Å². The van der Waals surface area contributed by atoms with Crippen LogP contribution in [0.2, 0.25) is 5.22 Å². The van der Waals surface area contributed by atoms with E-state index < -0.39 is 0 Å². The number of benzene rings is 1. The number of halogens is 1. The Kier molecular flexibility index (Phi) is 4.02. The second-order valence-electron chi connectivity index (χ2n) is 3.75. The van der Waals surface area contributed by atoms with Gasteiger partial charge in [-0.1, -0.05) is 18.2 Å². The Morgan fingerprint density at radius 2 is 2.06 bits per heavy atom. The molecule has 2 N–H and O–H groups in total. The van der Waals surface area contributed by atoms with Crippen LogP contribution in [-0.2, 0) is 6.54 Å². The number of hydrogen-bond donors (Lipinski definition) is 2. The minimum Gasteiger partial charge on any atom is -0.440 e. The molecule has 2 rings (SSSR count). The van der Waals surface area contributed by atoms with Crippen molar-refractivity contribution >= 4 is 23.2 Å². The van der Waals surface area contributed by atoms with E-state index in [1.807, 2.05) is 31.3 Å². The van der Waals surface area contributed by atoms with E-state index >= 15 is 0 Å². The fraction of sp³-hybridized carbons (Fsp3) is 0.154. The molecule has 5 heteroatoms. The number of rotatable bonds is 4. The maximum absolute atomic E-state index is 11.9. The van der Waals surface area contributed by atoms with E-state index in [1.165, 1.54) is 6.07 Å². The summed E-state index contributed by atoms with van der Waals surface area (Å²) in [5.74, 6) is -0.121. The predicted octanol–water partition coefficient (Wildman–Crippen LogP) is 2.90. The third-order valence-electron chi connectivity index (χ3n) is 2.43. The number of amides is 1. The van der Waals surface area contributed by atoms with Gasteiger partial charge in [0.25, 0.3) is 5.91 Å². The van der Waals surface area contributed by atoms with E-state index in [0.717, 1.165) is 11.3 Å². The first-order chi connectivity index (χ1) is 8.70. The van der Waals surface area contributed by atoms with Crippen LogP contribution in [0.15, 0.2) is 40.8 Å². The summed E-state index contributed by atoms with van der Waals surface area (Å²) in [5.41, 5.74) is 1.76. The summed E-state index contributed by atoms with van der Waals surface area (Å²) in [6.45, 7) is 0.676. The number of furan rings is 1. The molecule has 0 aliphatic carbocycles. The maximum atomic E-state index is 11.9. The van der Waals surface area contributed by atoms with Crippen molar-refractivity contribution in [2.75, 3.05) is 12.4 Å². The minimum absolute atomic E-state index is 0.194. The highest BCUT2D eigenvalue weighted by atomic mass is 35.5. The highest BCUT2D eigenvalue weighted by molar-refractivity contribution is 6.29. The second-order valence-corrected chi connectivity index (χ2v) is 4.12. The highest BCUT2D eigenvalue weighted by Gasteiger charge is 2.12. The molecule has 18 heavy (non-hydrogen) atoms. The van der Waals surface area contributed by atoms with Crippen molar-refractivity contribution in [2.24, 2.45) is 0 Å². The molecule has 0 radical (unpaired) electrons. The first kappa shape index (κ1) is 12.7. The standard InChI is InChI=1S/C13H13ClN2O2/c1-15-8-9-4-2-3-5-10(9)16-13(17)11-6-7-12(14)18-11/h2-7,15H,8H2,1H3,(H,16,17). The summed E-state index contributed by atoms with van der Waals surface area (Å²) in [7, 11) is 1.85. The monoisotopic (exact) mass is 264 g/mol. The molecule has 1 aromatic heterocycles. The fourth-order valence-corrected chi connectivity index (χ4v) is 1.75. The average Bonchev–Trinajstić information content (AvgIpc) is 2.79. The Bertz CT molecular complexity index is 551. The van der Waals surface area contributed by atoms with Gasteiger partial charge in [0.05, 0.1) is 0 Å². The molecule has 1 heterocycles. The van der Waals surface area contributed by atoms with Crippen LogP contribution in [-0.4, -0.2) is 13.0 Å². The second kappa shape index (κ2) is 5.71. The van der Waals surface area contributed by atoms with Crippen LogP contribution in [0.5, 0.6) is 0 Å². The molecule has 0 unspecified atom stereocenters. The first-order valence-electron chi connectivity index (χ1n) is 5.50. The van der Waals surface area contributed by atoms with Crippen molar-refractivity contribution in [3.63, 3.8) is 0 Å². The van der Waals surface area contributed by atoms with Gasteiger partial charge in [0.2, 0.25) is 0 Å². The van der Waals surface area contributed by atoms with Crippen LogP contribution in [0.3, 0.4) is 0 Å². The molecule has 0 aliphatic heterocycles. The van der Waals surface area contributed by atoms with Gasteiger partial charge in [0.15, 0.2) is 11.0 Å². The maximum Gasteiger partial charge on any atom is 0.291 e. The SMILES string of the molecule is CNCc1ccccc1NC(=O)c1ccc(Cl)o1. The number of anilines is 1. The fourth-order valence-electron chi connectivity index (χ4n) is 1.61. The van der Waals surface area contributed by atoms with E-state index in [1.54, 1.807) is 6.07 Å². The Morgan fingerprint density at radius 1 is 1.28 bits per heavy atom. The zero-order chi connectivity index (χ0) is 13.0. The number of hydrogen-bond acceptors (Lipinski definition) is 3. The Balaban J connectivity index is 2.16. The quantitative estimate of drug-likeness (QED) is 0.893. The van der Waals surface area contributed by atoms with Crippen LogP contribution in [0.1, 0.15) is 16.1 Å². The smallest absolute Gasteiger partial charge is 0.291 e. The van der Waals surface area contributed by atoms with E-state index in [-0.39, 0.29) is 16.9 Å². The third-order valence-corrected chi connectivity index (χ3v) is 2.63. The van der Waals surface area contributed by atoms with Gasteiger partial charge < -0.3 is 15.1 Å². The van der Waals surface area contributed by atoms with Gasteiger partial charge in [-0.25, -0.2) is 0 Å². The third kappa shape index (κ3) is 2.91. The first-order valence-corrected chi connectivity index (χ1v) is 5.87. The molecule has 0 fully saturated rings. The van der Waals surface area contributed by atoms with Crippen LogP contribution < -0.4 is 10.6 Å². The predicted molar refractivity (Wildman–Crippen MR) is 70.9 cm³/mol. The molecule has 0 spiro atoms. The summed E-state index contributed by atoms with van der Waals surface area (Å²) in [6.07, 6.45) is 0. The number of carbonyl (C=O) groups excluding carboxylic acids is 1. The summed E-state index contributed by atoms with van der Waals surface area (Å²) in [5, 5.41) is 6.04. The molecule has 2 aromatic rings. The Labute approximate surface area is 110 Å². The Morgan fingerprint density at radius 3 is 2.72 bits per heavy atom. The Hall–Kier alpha value is -1.78. The average molecular weight is 265 g/mol. The van der Waals surface area contributed by atoms with Crippen LogP contribution in [0, 0.1) is 0 Å². The molecule has 1 amide bonds. The van der Waals surface area contributed by atoms with Crippen molar-refractivity contribution in [1.29, 1.82) is 0 Å². The van der Waals surface area contributed by atoms with Gasteiger partial charge in [-0.2, -0.15) is 0 Å². The highest BCUT2D eigenvalue weighted by Crippen LogP contribution is 2.18. The van der Waals surface area contributed by atoms with Gasteiger partial charge >= 0.3 is 0 Å². The van der Waals surface area contributed by atoms with Crippen LogP contribution in [0.25, 0.3) is 0 Å². The largest absolute Gasteiger partial charge is 0.440 e. The van der Waals surface area contributed by atoms with Gasteiger partial charge in [0, 0.05) is 12.2 Å². The molecule has 0 bridgehead atoms.